The van der Waals surface area contributed by atoms with E-state index in [9.17, 15) is 14.9 Å². The first-order valence-electron chi connectivity index (χ1n) is 14.4. The van der Waals surface area contributed by atoms with Gasteiger partial charge in [0.2, 0.25) is 0 Å². The average Bonchev–Trinajstić information content (AvgIpc) is 3.37. The number of rotatable bonds is 7. The lowest BCUT2D eigenvalue weighted by Gasteiger charge is -2.30. The van der Waals surface area contributed by atoms with Crippen LogP contribution in [0.4, 0.5) is 5.69 Å². The van der Waals surface area contributed by atoms with Gasteiger partial charge >= 0.3 is 0 Å². The fourth-order valence-corrected chi connectivity index (χ4v) is 8.00. The van der Waals surface area contributed by atoms with Crippen molar-refractivity contribution in [3.05, 3.63) is 156 Å². The third-order valence-electron chi connectivity index (χ3n) is 8.14. The van der Waals surface area contributed by atoms with Crippen molar-refractivity contribution in [2.75, 3.05) is 7.11 Å². The molecule has 7 rings (SSSR count). The minimum absolute atomic E-state index is 0.0266. The third kappa shape index (κ3) is 5.71. The molecule has 2 heterocycles. The Hall–Kier alpha value is -4.07. The van der Waals surface area contributed by atoms with Crippen LogP contribution in [0, 0.1) is 13.7 Å². The number of thiazole rings is 1. The van der Waals surface area contributed by atoms with Gasteiger partial charge in [-0.2, -0.15) is 0 Å². The van der Waals surface area contributed by atoms with Gasteiger partial charge < -0.3 is 9.47 Å². The summed E-state index contributed by atoms with van der Waals surface area (Å²) >= 11 is 7.13. The number of methoxy groups -OCH3 is 1. The van der Waals surface area contributed by atoms with Crippen LogP contribution in [0.3, 0.4) is 0 Å². The Labute approximate surface area is 289 Å². The molecule has 230 valence electrons. The molecule has 1 aliphatic carbocycles. The smallest absolute Gasteiger partial charge is 0.271 e. The van der Waals surface area contributed by atoms with E-state index in [-0.39, 0.29) is 23.9 Å². The lowest BCUT2D eigenvalue weighted by Crippen LogP contribution is -2.38. The monoisotopic (exact) mass is 805 g/mol. The summed E-state index contributed by atoms with van der Waals surface area (Å²) in [5, 5.41) is 11.0. The highest BCUT2D eigenvalue weighted by Crippen LogP contribution is 2.41. The number of hydrogen-bond acceptors (Lipinski definition) is 7. The SMILES string of the molecule is COc1cc(/C=c2\sc3n(c2=O)[C@H](c2ccc(Br)cc2)C2=C(N=3)c3ccccc3CC2)cc(I)c1OCc1ccc([N+](=O)[O-])cc1. The number of aryl methyl sites for hydroxylation is 1. The average molecular weight is 806 g/mol. The number of nitro groups is 1. The summed E-state index contributed by atoms with van der Waals surface area (Å²) in [5.41, 5.74) is 7.10. The second kappa shape index (κ2) is 12.6. The van der Waals surface area contributed by atoms with Crippen LogP contribution in [0.5, 0.6) is 11.5 Å². The highest BCUT2D eigenvalue weighted by atomic mass is 127. The minimum atomic E-state index is -0.430. The molecule has 0 bridgehead atoms. The molecule has 0 N–H and O–H groups in total. The Morgan fingerprint density at radius 3 is 2.59 bits per heavy atom. The first kappa shape index (κ1) is 30.6. The number of aromatic nitrogens is 1. The number of nitro benzene ring substituents is 1. The molecule has 0 spiro atoms. The maximum Gasteiger partial charge on any atom is 0.271 e. The Kier molecular flexibility index (Phi) is 8.38. The van der Waals surface area contributed by atoms with Gasteiger partial charge in [-0.1, -0.05) is 63.7 Å². The van der Waals surface area contributed by atoms with Gasteiger partial charge in [0, 0.05) is 22.2 Å². The summed E-state index contributed by atoms with van der Waals surface area (Å²) in [6.07, 6.45) is 3.61. The van der Waals surface area contributed by atoms with Crippen molar-refractivity contribution in [2.24, 2.45) is 4.99 Å². The van der Waals surface area contributed by atoms with E-state index in [4.69, 9.17) is 14.5 Å². The maximum atomic E-state index is 14.2. The number of hydrogen-bond donors (Lipinski definition) is 0. The first-order chi connectivity index (χ1) is 22.3. The molecule has 5 aromatic rings. The Balaban J connectivity index is 1.28. The zero-order valence-corrected chi connectivity index (χ0v) is 29.0. The van der Waals surface area contributed by atoms with Crippen molar-refractivity contribution >= 4 is 67.3 Å². The normalized spacial score (nSPS) is 15.5. The predicted octanol–water partition coefficient (Wildman–Crippen LogP) is 7.18. The van der Waals surface area contributed by atoms with E-state index >= 15 is 0 Å². The van der Waals surface area contributed by atoms with Crippen LogP contribution in [0.1, 0.15) is 40.3 Å². The molecule has 0 radical (unpaired) electrons. The van der Waals surface area contributed by atoms with Crippen molar-refractivity contribution < 1.29 is 14.4 Å². The Bertz CT molecular complexity index is 2230. The van der Waals surface area contributed by atoms with Gasteiger partial charge in [0.1, 0.15) is 6.61 Å². The fourth-order valence-electron chi connectivity index (χ4n) is 5.95. The molecule has 8 nitrogen and oxygen atoms in total. The lowest BCUT2D eigenvalue weighted by atomic mass is 9.83. The quantitative estimate of drug-likeness (QED) is 0.0988. The molecular formula is C35H25BrIN3O5S. The van der Waals surface area contributed by atoms with Gasteiger partial charge in [0.05, 0.1) is 31.9 Å². The molecule has 0 saturated heterocycles. The summed E-state index contributed by atoms with van der Waals surface area (Å²) in [6.45, 7) is 0.214. The third-order valence-corrected chi connectivity index (χ3v) is 10.5. The number of allylic oxidation sites excluding steroid dienone is 1. The Morgan fingerprint density at radius 2 is 1.85 bits per heavy atom. The number of benzene rings is 4. The van der Waals surface area contributed by atoms with E-state index in [0.717, 1.165) is 54.4 Å². The second-order valence-electron chi connectivity index (χ2n) is 10.9. The van der Waals surface area contributed by atoms with E-state index in [1.54, 1.807) is 19.2 Å². The van der Waals surface area contributed by atoms with Gasteiger partial charge in [0.15, 0.2) is 16.3 Å². The van der Waals surface area contributed by atoms with E-state index in [2.05, 4.69) is 68.9 Å². The van der Waals surface area contributed by atoms with E-state index in [1.165, 1.54) is 29.0 Å². The highest BCUT2D eigenvalue weighted by Gasteiger charge is 2.32. The van der Waals surface area contributed by atoms with Crippen LogP contribution in [-0.2, 0) is 13.0 Å². The largest absolute Gasteiger partial charge is 0.493 e. The number of ether oxygens (including phenoxy) is 2. The van der Waals surface area contributed by atoms with Gasteiger partial charge in [-0.15, -0.1) is 0 Å². The fraction of sp³-hybridized carbons (Fsp3) is 0.143. The molecule has 4 aromatic carbocycles. The molecule has 0 saturated carbocycles. The molecule has 1 atom stereocenters. The molecule has 0 amide bonds. The second-order valence-corrected chi connectivity index (χ2v) is 14.0. The first-order valence-corrected chi connectivity index (χ1v) is 17.1. The van der Waals surface area contributed by atoms with Crippen molar-refractivity contribution in [1.29, 1.82) is 0 Å². The molecule has 0 fully saturated rings. The van der Waals surface area contributed by atoms with Crippen molar-refractivity contribution in [2.45, 2.75) is 25.5 Å². The molecule has 11 heteroatoms. The van der Waals surface area contributed by atoms with Crippen LogP contribution in [0.15, 0.2) is 105 Å². The number of nitrogens with zero attached hydrogens (tertiary/aromatic N) is 3. The van der Waals surface area contributed by atoms with Crippen LogP contribution in [0.2, 0.25) is 0 Å². The van der Waals surface area contributed by atoms with Gasteiger partial charge in [-0.25, -0.2) is 4.99 Å². The topological polar surface area (TPSA) is 96.0 Å². The van der Waals surface area contributed by atoms with E-state index in [1.807, 2.05) is 41.0 Å². The van der Waals surface area contributed by atoms with Crippen LogP contribution in [-0.4, -0.2) is 16.6 Å². The van der Waals surface area contributed by atoms with E-state index < -0.39 is 4.92 Å². The van der Waals surface area contributed by atoms with Crippen LogP contribution < -0.4 is 24.4 Å². The van der Waals surface area contributed by atoms with Gasteiger partial charge in [0.25, 0.3) is 11.2 Å². The molecular weight excluding hydrogens is 781 g/mol. The highest BCUT2D eigenvalue weighted by molar-refractivity contribution is 14.1. The summed E-state index contributed by atoms with van der Waals surface area (Å²) in [4.78, 5) is 30.5. The summed E-state index contributed by atoms with van der Waals surface area (Å²) in [7, 11) is 1.57. The maximum absolute atomic E-state index is 14.2. The lowest BCUT2D eigenvalue weighted by molar-refractivity contribution is -0.384. The summed E-state index contributed by atoms with van der Waals surface area (Å²) in [5.74, 6) is 1.08. The zero-order chi connectivity index (χ0) is 31.9. The molecule has 0 unspecified atom stereocenters. The Morgan fingerprint density at radius 1 is 1.09 bits per heavy atom. The number of fused-ring (bicyclic) bond motifs is 3. The number of non-ortho nitro benzene ring substituents is 1. The number of halogens is 2. The summed E-state index contributed by atoms with van der Waals surface area (Å²) in [6, 6.07) is 26.4. The zero-order valence-electron chi connectivity index (χ0n) is 24.4. The van der Waals surface area contributed by atoms with Gasteiger partial charge in [-0.3, -0.25) is 19.5 Å². The van der Waals surface area contributed by atoms with Crippen molar-refractivity contribution in [1.82, 2.24) is 4.57 Å². The van der Waals surface area contributed by atoms with Crippen molar-refractivity contribution in [3.63, 3.8) is 0 Å². The molecule has 46 heavy (non-hydrogen) atoms. The molecule has 1 aliphatic heterocycles. The minimum Gasteiger partial charge on any atom is -0.493 e. The molecule has 1 aromatic heterocycles. The van der Waals surface area contributed by atoms with Crippen LogP contribution >= 0.6 is 49.9 Å². The standard InChI is InChI=1S/C35H25BrIN3O5S/c1-44-29-17-21(16-28(37)33(29)45-19-20-6-13-25(14-7-20)40(42)43)18-30-34(41)39-32(23-8-11-24(36)12-9-23)27-15-10-22-4-2-3-5-26(22)31(27)38-35(39)46-30/h2-9,11-14,16-18,32H,10,15,19H2,1H3/b30-18-/t32-/m1/s1. The van der Waals surface area contributed by atoms with Gasteiger partial charge in [-0.05, 0) is 106 Å². The summed E-state index contributed by atoms with van der Waals surface area (Å²) < 4.78 is 16.0. The predicted molar refractivity (Wildman–Crippen MR) is 190 cm³/mol. The van der Waals surface area contributed by atoms with E-state index in [0.29, 0.717) is 20.8 Å². The van der Waals surface area contributed by atoms with Crippen LogP contribution in [0.25, 0.3) is 11.8 Å². The van der Waals surface area contributed by atoms with Crippen molar-refractivity contribution in [3.8, 4) is 11.5 Å². The molecule has 2 aliphatic rings.